The van der Waals surface area contributed by atoms with Gasteiger partial charge in [0.25, 0.3) is 0 Å². The number of nitrogens with zero attached hydrogens (tertiary/aromatic N) is 2. The molecule has 0 fully saturated rings. The molecule has 0 aromatic heterocycles. The number of halogens is 1. The second kappa shape index (κ2) is 8.33. The molecule has 1 atom stereocenters. The van der Waals surface area contributed by atoms with Gasteiger partial charge in [0.1, 0.15) is 5.82 Å². The molecule has 30 heavy (non-hydrogen) atoms. The summed E-state index contributed by atoms with van der Waals surface area (Å²) >= 11 is 0. The van der Waals surface area contributed by atoms with Gasteiger partial charge in [0.15, 0.2) is 0 Å². The zero-order valence-electron chi connectivity index (χ0n) is 17.2. The largest absolute Gasteiger partial charge is 0.465 e. The van der Waals surface area contributed by atoms with Crippen LogP contribution in [0.3, 0.4) is 0 Å². The molecule has 164 valence electrons. The Morgan fingerprint density at radius 3 is 2.40 bits per heavy atom. The summed E-state index contributed by atoms with van der Waals surface area (Å²) in [6.45, 7) is 6.06. The molecule has 0 aliphatic carbocycles. The highest BCUT2D eigenvalue weighted by molar-refractivity contribution is 8.27. The highest BCUT2D eigenvalue weighted by atomic mass is 32.3. The van der Waals surface area contributed by atoms with E-state index < -0.39 is 22.9 Å². The molecule has 2 aromatic rings. The number of carboxylic acid groups (broad SMARTS) is 1. The maximum absolute atomic E-state index is 14.0. The number of anilines is 3. The Labute approximate surface area is 177 Å². The Morgan fingerprint density at radius 1 is 1.13 bits per heavy atom. The molecule has 9 heteroatoms. The minimum absolute atomic E-state index is 0.232. The smallest absolute Gasteiger partial charge is 0.404 e. The lowest BCUT2D eigenvalue weighted by molar-refractivity contribution is 0.171. The molecule has 4 N–H and O–H groups in total. The number of benzene rings is 2. The second-order valence-corrected chi connectivity index (χ2v) is 10.2. The number of fused-ring (bicyclic) bond motifs is 1. The number of rotatable bonds is 6. The van der Waals surface area contributed by atoms with E-state index in [1.54, 1.807) is 24.3 Å². The third-order valence-electron chi connectivity index (χ3n) is 5.15. The Bertz CT molecular complexity index is 905. The van der Waals surface area contributed by atoms with Crippen LogP contribution in [0.4, 0.5) is 26.2 Å². The minimum atomic E-state index is -3.45. The number of nitrogens with one attached hydrogen (secondary N) is 1. The number of amides is 1. The van der Waals surface area contributed by atoms with E-state index in [9.17, 15) is 18.3 Å². The molecule has 0 spiro atoms. The fourth-order valence-electron chi connectivity index (χ4n) is 3.63. The van der Waals surface area contributed by atoms with Crippen LogP contribution in [0.1, 0.15) is 33.6 Å². The Morgan fingerprint density at radius 2 is 1.80 bits per heavy atom. The number of carbonyl (C=O) groups is 1. The maximum Gasteiger partial charge on any atom is 0.404 e. The average molecular weight is 438 g/mol. The van der Waals surface area contributed by atoms with Gasteiger partial charge in [-0.25, -0.2) is 13.5 Å². The van der Waals surface area contributed by atoms with Gasteiger partial charge in [-0.1, -0.05) is 39.0 Å². The van der Waals surface area contributed by atoms with E-state index in [-0.39, 0.29) is 18.0 Å². The topological polar surface area (TPSA) is 96.3 Å². The van der Waals surface area contributed by atoms with Gasteiger partial charge >= 0.3 is 6.09 Å². The maximum atomic E-state index is 14.0. The van der Waals surface area contributed by atoms with Crippen LogP contribution >= 0.6 is 11.0 Å². The van der Waals surface area contributed by atoms with Crippen LogP contribution in [-0.2, 0) is 0 Å². The molecule has 1 aliphatic heterocycles. The normalized spacial score (nSPS) is 17.4. The van der Waals surface area contributed by atoms with Crippen LogP contribution in [0.2, 0.25) is 0 Å². The zero-order valence-corrected chi connectivity index (χ0v) is 18.1. The SMILES string of the molecule is CC(C)(C)C(CCCN1c2cc(F)ccc2N(c2ccccc2)S1(O)O)NC(=O)O. The summed E-state index contributed by atoms with van der Waals surface area (Å²) < 4.78 is 39.1. The van der Waals surface area contributed by atoms with E-state index >= 15 is 0 Å². The highest BCUT2D eigenvalue weighted by Crippen LogP contribution is 2.64. The summed E-state index contributed by atoms with van der Waals surface area (Å²) in [4.78, 5) is 11.1. The Kier molecular flexibility index (Phi) is 6.16. The van der Waals surface area contributed by atoms with E-state index in [1.165, 1.54) is 26.8 Å². The van der Waals surface area contributed by atoms with Crippen molar-refractivity contribution in [3.63, 3.8) is 0 Å². The molecular formula is C21H28FN3O4S. The van der Waals surface area contributed by atoms with Crippen molar-refractivity contribution in [2.75, 3.05) is 15.2 Å². The van der Waals surface area contributed by atoms with Crippen molar-refractivity contribution < 1.29 is 23.4 Å². The van der Waals surface area contributed by atoms with Crippen LogP contribution in [0.15, 0.2) is 48.5 Å². The van der Waals surface area contributed by atoms with E-state index in [2.05, 4.69) is 5.32 Å². The molecule has 2 aromatic carbocycles. The van der Waals surface area contributed by atoms with E-state index in [1.807, 2.05) is 26.8 Å². The first-order chi connectivity index (χ1) is 14.0. The standard InChI is InChI=1S/C21H28FN3O4S/c1-21(2,3)19(23-20(26)27)10-7-13-24-18-14-15(22)11-12-17(18)25(30(24,28)29)16-8-5-4-6-9-16/h4-6,8-9,11-12,14,19,23,28-29H,7,10,13H2,1-3H3,(H,26,27). The van der Waals surface area contributed by atoms with Gasteiger partial charge in [0, 0.05) is 18.7 Å². The summed E-state index contributed by atoms with van der Waals surface area (Å²) in [6.07, 6.45) is -0.114. The lowest BCUT2D eigenvalue weighted by atomic mass is 9.84. The van der Waals surface area contributed by atoms with Gasteiger partial charge in [0.05, 0.1) is 17.1 Å². The molecule has 1 unspecified atom stereocenters. The van der Waals surface area contributed by atoms with Gasteiger partial charge in [-0.3, -0.25) is 13.4 Å². The number of hydrogen-bond donors (Lipinski definition) is 4. The number of para-hydroxylation sites is 1. The third kappa shape index (κ3) is 4.48. The fourth-order valence-corrected chi connectivity index (χ4v) is 5.43. The van der Waals surface area contributed by atoms with Crippen LogP contribution < -0.4 is 13.9 Å². The molecule has 0 saturated heterocycles. The van der Waals surface area contributed by atoms with Gasteiger partial charge < -0.3 is 10.4 Å². The van der Waals surface area contributed by atoms with E-state index in [4.69, 9.17) is 5.11 Å². The van der Waals surface area contributed by atoms with Gasteiger partial charge in [0.2, 0.25) is 0 Å². The molecule has 3 rings (SSSR count). The van der Waals surface area contributed by atoms with Crippen molar-refractivity contribution in [1.82, 2.24) is 5.32 Å². The molecule has 1 heterocycles. The molecule has 0 saturated carbocycles. The van der Waals surface area contributed by atoms with Crippen molar-refractivity contribution in [2.24, 2.45) is 5.41 Å². The predicted octanol–water partition coefficient (Wildman–Crippen LogP) is 5.83. The van der Waals surface area contributed by atoms with E-state index in [0.29, 0.717) is 29.9 Å². The minimum Gasteiger partial charge on any atom is -0.465 e. The lowest BCUT2D eigenvalue weighted by Gasteiger charge is -2.44. The average Bonchev–Trinajstić information content (AvgIpc) is 2.86. The van der Waals surface area contributed by atoms with Gasteiger partial charge in [-0.2, -0.15) is 0 Å². The summed E-state index contributed by atoms with van der Waals surface area (Å²) in [6, 6.07) is 12.8. The summed E-state index contributed by atoms with van der Waals surface area (Å²) in [5, 5.41) is 11.7. The van der Waals surface area contributed by atoms with Crippen molar-refractivity contribution in [2.45, 2.75) is 39.7 Å². The summed E-state index contributed by atoms with van der Waals surface area (Å²) in [5.41, 5.74) is 1.20. The predicted molar refractivity (Wildman–Crippen MR) is 119 cm³/mol. The van der Waals surface area contributed by atoms with Crippen LogP contribution in [-0.4, -0.2) is 32.9 Å². The van der Waals surface area contributed by atoms with Crippen molar-refractivity contribution in [1.29, 1.82) is 0 Å². The van der Waals surface area contributed by atoms with Crippen LogP contribution in [0.25, 0.3) is 0 Å². The summed E-state index contributed by atoms with van der Waals surface area (Å²) in [7, 11) is -3.45. The Hall–Kier alpha value is -2.49. The molecular weight excluding hydrogens is 409 g/mol. The van der Waals surface area contributed by atoms with Crippen molar-refractivity contribution in [3.05, 3.63) is 54.3 Å². The molecule has 0 radical (unpaired) electrons. The second-order valence-electron chi connectivity index (χ2n) is 8.37. The fraction of sp³-hybridized carbons (Fsp3) is 0.381. The van der Waals surface area contributed by atoms with E-state index in [0.717, 1.165) is 0 Å². The monoisotopic (exact) mass is 437 g/mol. The first-order valence-corrected chi connectivity index (χ1v) is 11.2. The van der Waals surface area contributed by atoms with Crippen molar-refractivity contribution >= 4 is 34.1 Å². The molecule has 1 aliphatic rings. The van der Waals surface area contributed by atoms with Crippen molar-refractivity contribution in [3.8, 4) is 0 Å². The molecule has 0 bridgehead atoms. The quantitative estimate of drug-likeness (QED) is 0.454. The van der Waals surface area contributed by atoms with Crippen LogP contribution in [0, 0.1) is 11.2 Å². The lowest BCUT2D eigenvalue weighted by Crippen LogP contribution is -2.43. The van der Waals surface area contributed by atoms with Crippen LogP contribution in [0.5, 0.6) is 0 Å². The highest BCUT2D eigenvalue weighted by Gasteiger charge is 2.41. The first-order valence-electron chi connectivity index (χ1n) is 9.72. The molecule has 7 nitrogen and oxygen atoms in total. The van der Waals surface area contributed by atoms with Gasteiger partial charge in [-0.15, -0.1) is 0 Å². The van der Waals surface area contributed by atoms with Gasteiger partial charge in [-0.05, 0) is 53.5 Å². The number of hydrogen-bond acceptors (Lipinski definition) is 5. The first kappa shape index (κ1) is 22.2. The third-order valence-corrected chi connectivity index (χ3v) is 7.02. The zero-order chi connectivity index (χ0) is 22.1. The molecule has 1 amide bonds. The Balaban J connectivity index is 1.86. The summed E-state index contributed by atoms with van der Waals surface area (Å²) in [5.74, 6) is -0.469.